The molecule has 0 aliphatic carbocycles. The molecule has 1 aromatic carbocycles. The number of aromatic nitrogens is 1. The number of amides is 1. The minimum atomic E-state index is -0.0613. The maximum atomic E-state index is 12.9. The number of aryl methyl sites for hydroxylation is 1. The van der Waals surface area contributed by atoms with Crippen molar-refractivity contribution >= 4 is 28.6 Å². The predicted molar refractivity (Wildman–Crippen MR) is 91.6 cm³/mol. The first-order valence-corrected chi connectivity index (χ1v) is 7.65. The molecule has 2 heterocycles. The van der Waals surface area contributed by atoms with Crippen molar-refractivity contribution in [1.82, 2.24) is 9.47 Å². The highest BCUT2D eigenvalue weighted by Gasteiger charge is 2.20. The zero-order chi connectivity index (χ0) is 16.4. The summed E-state index contributed by atoms with van der Waals surface area (Å²) in [5.74, 6) is -0.0613. The van der Waals surface area contributed by atoms with E-state index in [-0.39, 0.29) is 5.91 Å². The van der Waals surface area contributed by atoms with Crippen molar-refractivity contribution in [3.63, 3.8) is 0 Å². The van der Waals surface area contributed by atoms with Gasteiger partial charge in [0, 0.05) is 37.3 Å². The van der Waals surface area contributed by atoms with Gasteiger partial charge in [0.2, 0.25) is 0 Å². The number of carbonyl (C=O) groups is 1. The van der Waals surface area contributed by atoms with E-state index in [2.05, 4.69) is 6.58 Å². The number of furan rings is 1. The van der Waals surface area contributed by atoms with E-state index in [9.17, 15) is 4.79 Å². The Kier molecular flexibility index (Phi) is 4.26. The van der Waals surface area contributed by atoms with Crippen molar-refractivity contribution < 1.29 is 9.21 Å². The molecule has 0 aliphatic heterocycles. The Morgan fingerprint density at radius 2 is 2.09 bits per heavy atom. The smallest absolute Gasteiger partial charge is 0.271 e. The van der Waals surface area contributed by atoms with Crippen LogP contribution in [0.4, 0.5) is 0 Å². The average Bonchev–Trinajstić information content (AvgIpc) is 3.12. The van der Waals surface area contributed by atoms with E-state index >= 15 is 0 Å². The third-order valence-electron chi connectivity index (χ3n) is 3.81. The van der Waals surface area contributed by atoms with Crippen LogP contribution < -0.4 is 0 Å². The first-order valence-electron chi connectivity index (χ1n) is 7.27. The van der Waals surface area contributed by atoms with Crippen LogP contribution in [0.5, 0.6) is 0 Å². The first-order chi connectivity index (χ1) is 11.1. The van der Waals surface area contributed by atoms with Gasteiger partial charge in [0.25, 0.3) is 5.91 Å². The lowest BCUT2D eigenvalue weighted by atomic mass is 10.2. The zero-order valence-corrected chi connectivity index (χ0v) is 13.6. The van der Waals surface area contributed by atoms with Crippen LogP contribution >= 0.6 is 11.6 Å². The van der Waals surface area contributed by atoms with Gasteiger partial charge in [-0.15, -0.1) is 6.58 Å². The monoisotopic (exact) mass is 328 g/mol. The summed E-state index contributed by atoms with van der Waals surface area (Å²) >= 11 is 5.91. The van der Waals surface area contributed by atoms with Crippen LogP contribution in [0.25, 0.3) is 11.1 Å². The fourth-order valence-electron chi connectivity index (χ4n) is 2.60. The summed E-state index contributed by atoms with van der Waals surface area (Å²) in [6.07, 6.45) is 3.34. The number of halogens is 1. The van der Waals surface area contributed by atoms with Crippen molar-refractivity contribution in [2.24, 2.45) is 7.05 Å². The fourth-order valence-corrected chi connectivity index (χ4v) is 2.73. The van der Waals surface area contributed by atoms with Gasteiger partial charge in [-0.1, -0.05) is 29.8 Å². The highest BCUT2D eigenvalue weighted by molar-refractivity contribution is 6.30. The molecule has 0 radical (unpaired) electrons. The molecule has 0 spiro atoms. The molecule has 0 fully saturated rings. The molecule has 3 aromatic rings. The molecule has 0 atom stereocenters. The maximum Gasteiger partial charge on any atom is 0.271 e. The second kappa shape index (κ2) is 6.34. The molecule has 0 N–H and O–H groups in total. The molecule has 4 nitrogen and oxygen atoms in total. The summed E-state index contributed by atoms with van der Waals surface area (Å²) in [5, 5.41) is 0.679. The summed E-state index contributed by atoms with van der Waals surface area (Å²) in [7, 11) is 1.86. The van der Waals surface area contributed by atoms with Gasteiger partial charge < -0.3 is 13.9 Å². The fraction of sp³-hybridized carbons (Fsp3) is 0.167. The number of hydrogen-bond donors (Lipinski definition) is 0. The van der Waals surface area contributed by atoms with E-state index in [1.165, 1.54) is 0 Å². The molecule has 3 rings (SSSR count). The quantitative estimate of drug-likeness (QED) is 0.657. The van der Waals surface area contributed by atoms with Crippen molar-refractivity contribution in [3.05, 3.63) is 71.6 Å². The lowest BCUT2D eigenvalue weighted by Gasteiger charge is -2.21. The topological polar surface area (TPSA) is 38.4 Å². The summed E-state index contributed by atoms with van der Waals surface area (Å²) in [6, 6.07) is 11.1. The van der Waals surface area contributed by atoms with E-state index in [1.54, 1.807) is 23.3 Å². The normalized spacial score (nSPS) is 10.9. The highest BCUT2D eigenvalue weighted by Crippen LogP contribution is 2.21. The third kappa shape index (κ3) is 3.03. The molecule has 5 heteroatoms. The Hall–Kier alpha value is -2.46. The van der Waals surface area contributed by atoms with E-state index in [0.29, 0.717) is 29.4 Å². The SMILES string of the molecule is C=CCN(Cc1ccc(Cl)cc1)C(=O)c1cc2occc2n1C. The molecule has 0 saturated heterocycles. The third-order valence-corrected chi connectivity index (χ3v) is 4.06. The van der Waals surface area contributed by atoms with Gasteiger partial charge in [0.1, 0.15) is 5.69 Å². The number of nitrogens with zero attached hydrogens (tertiary/aromatic N) is 2. The van der Waals surface area contributed by atoms with Crippen LogP contribution in [0.3, 0.4) is 0 Å². The Balaban J connectivity index is 1.88. The van der Waals surface area contributed by atoms with E-state index in [1.807, 2.05) is 41.9 Å². The number of rotatable bonds is 5. The van der Waals surface area contributed by atoms with Crippen LogP contribution in [0.2, 0.25) is 5.02 Å². The Bertz CT molecular complexity index is 846. The van der Waals surface area contributed by atoms with Gasteiger partial charge in [0.05, 0.1) is 11.8 Å². The largest absolute Gasteiger partial charge is 0.463 e. The van der Waals surface area contributed by atoms with E-state index in [4.69, 9.17) is 16.0 Å². The number of fused-ring (bicyclic) bond motifs is 1. The molecular formula is C18H17ClN2O2. The van der Waals surface area contributed by atoms with Crippen molar-refractivity contribution in [1.29, 1.82) is 0 Å². The lowest BCUT2D eigenvalue weighted by molar-refractivity contribution is 0.0753. The minimum Gasteiger partial charge on any atom is -0.463 e. The second-order valence-electron chi connectivity index (χ2n) is 5.36. The van der Waals surface area contributed by atoms with Crippen molar-refractivity contribution in [2.45, 2.75) is 6.54 Å². The lowest BCUT2D eigenvalue weighted by Crippen LogP contribution is -2.32. The van der Waals surface area contributed by atoms with Crippen LogP contribution in [0.15, 0.2) is 59.7 Å². The van der Waals surface area contributed by atoms with Gasteiger partial charge in [-0.3, -0.25) is 4.79 Å². The summed E-state index contributed by atoms with van der Waals surface area (Å²) in [5.41, 5.74) is 3.22. The molecule has 118 valence electrons. The van der Waals surface area contributed by atoms with Crippen molar-refractivity contribution in [3.8, 4) is 0 Å². The molecule has 2 aromatic heterocycles. The number of benzene rings is 1. The van der Waals surface area contributed by atoms with Crippen LogP contribution in [-0.4, -0.2) is 21.9 Å². The van der Waals surface area contributed by atoms with Gasteiger partial charge in [-0.05, 0) is 17.7 Å². The predicted octanol–water partition coefficient (Wildman–Crippen LogP) is 4.25. The van der Waals surface area contributed by atoms with E-state index in [0.717, 1.165) is 11.1 Å². The number of carbonyl (C=O) groups excluding carboxylic acids is 1. The molecule has 1 amide bonds. The second-order valence-corrected chi connectivity index (χ2v) is 5.80. The minimum absolute atomic E-state index is 0.0613. The molecule has 23 heavy (non-hydrogen) atoms. The van der Waals surface area contributed by atoms with Crippen LogP contribution in [0, 0.1) is 0 Å². The Labute approximate surface area is 139 Å². The molecule has 0 unspecified atom stereocenters. The standard InChI is InChI=1S/C18H17ClN2O2/c1-3-9-21(12-13-4-6-14(19)7-5-13)18(22)16-11-17-15(20(16)2)8-10-23-17/h3-8,10-11H,1,9,12H2,2H3. The van der Waals surface area contributed by atoms with Gasteiger partial charge >= 0.3 is 0 Å². The van der Waals surface area contributed by atoms with Gasteiger partial charge in [-0.2, -0.15) is 0 Å². The Morgan fingerprint density at radius 3 is 2.74 bits per heavy atom. The number of hydrogen-bond acceptors (Lipinski definition) is 2. The van der Waals surface area contributed by atoms with E-state index < -0.39 is 0 Å². The first kappa shape index (κ1) is 15.4. The summed E-state index contributed by atoms with van der Waals surface area (Å²) in [6.45, 7) is 4.71. The summed E-state index contributed by atoms with van der Waals surface area (Å²) in [4.78, 5) is 14.6. The summed E-state index contributed by atoms with van der Waals surface area (Å²) < 4.78 is 7.22. The maximum absolute atomic E-state index is 12.9. The zero-order valence-electron chi connectivity index (χ0n) is 12.8. The van der Waals surface area contributed by atoms with Crippen LogP contribution in [0.1, 0.15) is 16.1 Å². The van der Waals surface area contributed by atoms with Gasteiger partial charge in [-0.25, -0.2) is 0 Å². The Morgan fingerprint density at radius 1 is 1.35 bits per heavy atom. The van der Waals surface area contributed by atoms with Crippen LogP contribution in [-0.2, 0) is 13.6 Å². The molecular weight excluding hydrogens is 312 g/mol. The molecule has 0 aliphatic rings. The highest BCUT2D eigenvalue weighted by atomic mass is 35.5. The molecule has 0 bridgehead atoms. The average molecular weight is 329 g/mol. The van der Waals surface area contributed by atoms with Gasteiger partial charge in [0.15, 0.2) is 5.58 Å². The van der Waals surface area contributed by atoms with Crippen molar-refractivity contribution in [2.75, 3.05) is 6.54 Å². The molecule has 0 saturated carbocycles.